The molecule has 3 nitrogen and oxygen atoms in total. The summed E-state index contributed by atoms with van der Waals surface area (Å²) >= 11 is 5.69. The van der Waals surface area contributed by atoms with Gasteiger partial charge in [0, 0.05) is 25.1 Å². The molecule has 1 saturated heterocycles. The number of hydrogen-bond acceptors (Lipinski definition) is 2. The van der Waals surface area contributed by atoms with E-state index in [1.807, 2.05) is 4.67 Å². The van der Waals surface area contributed by atoms with Crippen LogP contribution < -0.4 is 0 Å². The summed E-state index contributed by atoms with van der Waals surface area (Å²) in [6.45, 7) is 4.22. The molecule has 0 aromatic rings. The second-order valence-electron chi connectivity index (χ2n) is 3.54. The van der Waals surface area contributed by atoms with E-state index in [2.05, 4.69) is 6.92 Å². The molecule has 1 aliphatic heterocycles. The van der Waals surface area contributed by atoms with Gasteiger partial charge in [0.15, 0.2) is 0 Å². The molecule has 1 atom stereocenters. The van der Waals surface area contributed by atoms with Crippen LogP contribution in [0.5, 0.6) is 0 Å². The second kappa shape index (κ2) is 6.12. The molecule has 1 rings (SSSR count). The molecule has 0 aliphatic carbocycles. The summed E-state index contributed by atoms with van der Waals surface area (Å²) < 4.78 is 19.8. The van der Waals surface area contributed by atoms with Crippen molar-refractivity contribution in [1.29, 1.82) is 0 Å². The SMILES string of the molecule is CCCN(CCCl)P1(=O)CCCCO1. The smallest absolute Gasteiger partial charge is 0.272 e. The van der Waals surface area contributed by atoms with Gasteiger partial charge in [-0.3, -0.25) is 4.57 Å². The van der Waals surface area contributed by atoms with Crippen LogP contribution in [-0.2, 0) is 9.09 Å². The zero-order valence-corrected chi connectivity index (χ0v) is 10.4. The fourth-order valence-corrected chi connectivity index (χ4v) is 4.52. The molecule has 0 amide bonds. The molecular weight excluding hydrogens is 221 g/mol. The van der Waals surface area contributed by atoms with Crippen LogP contribution in [0.2, 0.25) is 0 Å². The summed E-state index contributed by atoms with van der Waals surface area (Å²) in [6, 6.07) is 0. The van der Waals surface area contributed by atoms with Crippen molar-refractivity contribution in [3.8, 4) is 0 Å². The predicted molar refractivity (Wildman–Crippen MR) is 60.2 cm³/mol. The number of nitrogens with zero attached hydrogens (tertiary/aromatic N) is 1. The van der Waals surface area contributed by atoms with Gasteiger partial charge in [-0.1, -0.05) is 6.92 Å². The summed E-state index contributed by atoms with van der Waals surface area (Å²) in [7, 11) is -2.51. The zero-order valence-electron chi connectivity index (χ0n) is 8.75. The van der Waals surface area contributed by atoms with Crippen molar-refractivity contribution in [2.75, 3.05) is 31.7 Å². The first kappa shape index (κ1) is 12.5. The maximum atomic E-state index is 12.4. The molecule has 1 fully saturated rings. The van der Waals surface area contributed by atoms with Crippen LogP contribution in [0.3, 0.4) is 0 Å². The van der Waals surface area contributed by atoms with Crippen molar-refractivity contribution < 1.29 is 9.09 Å². The molecule has 0 spiro atoms. The van der Waals surface area contributed by atoms with Crippen LogP contribution in [-0.4, -0.2) is 36.4 Å². The Morgan fingerprint density at radius 3 is 2.71 bits per heavy atom. The lowest BCUT2D eigenvalue weighted by atomic mass is 10.4. The summed E-state index contributed by atoms with van der Waals surface area (Å²) in [5.74, 6) is 0.521. The van der Waals surface area contributed by atoms with Gasteiger partial charge in [-0.15, -0.1) is 11.6 Å². The van der Waals surface area contributed by atoms with E-state index < -0.39 is 7.52 Å². The van der Waals surface area contributed by atoms with Crippen molar-refractivity contribution in [2.24, 2.45) is 0 Å². The molecule has 0 saturated carbocycles. The first-order valence-electron chi connectivity index (χ1n) is 5.28. The Labute approximate surface area is 91.3 Å². The molecule has 5 heteroatoms. The molecule has 84 valence electrons. The highest BCUT2D eigenvalue weighted by atomic mass is 35.5. The maximum absolute atomic E-state index is 12.4. The summed E-state index contributed by atoms with van der Waals surface area (Å²) in [5.41, 5.74) is 0. The number of hydrogen-bond donors (Lipinski definition) is 0. The predicted octanol–water partition coefficient (Wildman–Crippen LogP) is 2.94. The van der Waals surface area contributed by atoms with E-state index in [-0.39, 0.29) is 0 Å². The quantitative estimate of drug-likeness (QED) is 0.546. The third kappa shape index (κ3) is 3.23. The average molecular weight is 240 g/mol. The first-order chi connectivity index (χ1) is 6.73. The van der Waals surface area contributed by atoms with Gasteiger partial charge in [-0.05, 0) is 19.3 Å². The highest BCUT2D eigenvalue weighted by Gasteiger charge is 2.32. The minimum atomic E-state index is -2.51. The van der Waals surface area contributed by atoms with E-state index in [0.717, 1.165) is 25.8 Å². The lowest BCUT2D eigenvalue weighted by Gasteiger charge is -2.33. The van der Waals surface area contributed by atoms with Gasteiger partial charge in [0.05, 0.1) is 6.61 Å². The molecule has 0 aromatic carbocycles. The van der Waals surface area contributed by atoms with E-state index in [9.17, 15) is 4.57 Å². The van der Waals surface area contributed by atoms with Gasteiger partial charge >= 0.3 is 0 Å². The van der Waals surface area contributed by atoms with Crippen LogP contribution in [0.15, 0.2) is 0 Å². The first-order valence-corrected chi connectivity index (χ1v) is 7.57. The molecular formula is C9H19ClNO2P. The van der Waals surface area contributed by atoms with E-state index in [1.165, 1.54) is 0 Å². The molecule has 0 aromatic heterocycles. The van der Waals surface area contributed by atoms with Crippen molar-refractivity contribution in [2.45, 2.75) is 26.2 Å². The lowest BCUT2D eigenvalue weighted by molar-refractivity contribution is 0.239. The zero-order chi connectivity index (χ0) is 10.4. The Morgan fingerprint density at radius 2 is 2.21 bits per heavy atom. The van der Waals surface area contributed by atoms with Crippen molar-refractivity contribution in [3.05, 3.63) is 0 Å². The Balaban J connectivity index is 2.58. The minimum absolute atomic E-state index is 0.521. The van der Waals surface area contributed by atoms with Gasteiger partial charge in [-0.25, -0.2) is 4.67 Å². The standard InChI is InChI=1S/C9H19ClNO2P/c1-2-6-11(7-5-10)14(12)9-4-3-8-13-14/h2-9H2,1H3. The fraction of sp³-hybridized carbons (Fsp3) is 1.00. The van der Waals surface area contributed by atoms with Crippen LogP contribution in [0, 0.1) is 0 Å². The van der Waals surface area contributed by atoms with E-state index in [1.54, 1.807) is 0 Å². The highest BCUT2D eigenvalue weighted by Crippen LogP contribution is 2.53. The van der Waals surface area contributed by atoms with Crippen LogP contribution in [0.4, 0.5) is 0 Å². The fourth-order valence-electron chi connectivity index (χ4n) is 1.68. The minimum Gasteiger partial charge on any atom is -0.317 e. The molecule has 1 unspecified atom stereocenters. The van der Waals surface area contributed by atoms with Crippen LogP contribution >= 0.6 is 19.1 Å². The largest absolute Gasteiger partial charge is 0.317 e. The topological polar surface area (TPSA) is 29.5 Å². The molecule has 1 aliphatic rings. The molecule has 0 N–H and O–H groups in total. The molecule has 0 bridgehead atoms. The van der Waals surface area contributed by atoms with E-state index in [0.29, 0.717) is 25.2 Å². The average Bonchev–Trinajstić information content (AvgIpc) is 2.19. The van der Waals surface area contributed by atoms with Gasteiger partial charge in [0.2, 0.25) is 0 Å². The number of halogens is 1. The molecule has 14 heavy (non-hydrogen) atoms. The number of alkyl halides is 1. The summed E-state index contributed by atoms with van der Waals surface area (Å²) in [4.78, 5) is 0. The third-order valence-corrected chi connectivity index (χ3v) is 5.28. The van der Waals surface area contributed by atoms with Gasteiger partial charge in [0.25, 0.3) is 7.52 Å². The van der Waals surface area contributed by atoms with E-state index in [4.69, 9.17) is 16.1 Å². The van der Waals surface area contributed by atoms with Crippen molar-refractivity contribution in [3.63, 3.8) is 0 Å². The normalized spacial score (nSPS) is 28.2. The van der Waals surface area contributed by atoms with Gasteiger partial charge in [-0.2, -0.15) is 0 Å². The summed E-state index contributed by atoms with van der Waals surface area (Å²) in [5, 5.41) is 0. The van der Waals surface area contributed by atoms with Crippen LogP contribution in [0.25, 0.3) is 0 Å². The summed E-state index contributed by atoms with van der Waals surface area (Å²) in [6.07, 6.45) is 3.73. The molecule has 0 radical (unpaired) electrons. The highest BCUT2D eigenvalue weighted by molar-refractivity contribution is 7.56. The van der Waals surface area contributed by atoms with Crippen molar-refractivity contribution >= 4 is 19.1 Å². The maximum Gasteiger partial charge on any atom is 0.272 e. The Kier molecular flexibility index (Phi) is 5.47. The lowest BCUT2D eigenvalue weighted by Crippen LogP contribution is -2.28. The van der Waals surface area contributed by atoms with Gasteiger partial charge < -0.3 is 4.52 Å². The van der Waals surface area contributed by atoms with Crippen LogP contribution in [0.1, 0.15) is 26.2 Å². The Hall–Kier alpha value is 0.440. The monoisotopic (exact) mass is 239 g/mol. The van der Waals surface area contributed by atoms with Gasteiger partial charge in [0.1, 0.15) is 0 Å². The Morgan fingerprint density at radius 1 is 1.43 bits per heavy atom. The third-order valence-electron chi connectivity index (χ3n) is 2.38. The number of rotatable bonds is 5. The second-order valence-corrected chi connectivity index (χ2v) is 6.47. The van der Waals surface area contributed by atoms with Crippen molar-refractivity contribution in [1.82, 2.24) is 4.67 Å². The van der Waals surface area contributed by atoms with E-state index >= 15 is 0 Å². The molecule has 1 heterocycles. The Bertz CT molecular complexity index is 197.